The molecule has 4 nitrogen and oxygen atoms in total. The number of anilines is 2. The van der Waals surface area contributed by atoms with Crippen molar-refractivity contribution in [2.75, 3.05) is 10.6 Å². The van der Waals surface area contributed by atoms with Crippen molar-refractivity contribution in [1.29, 1.82) is 0 Å². The molecular weight excluding hydrogens is 348 g/mol. The van der Waals surface area contributed by atoms with Crippen LogP contribution in [0.3, 0.4) is 0 Å². The van der Waals surface area contributed by atoms with Gasteiger partial charge in [0.2, 0.25) is 5.91 Å². The molecule has 1 aliphatic carbocycles. The summed E-state index contributed by atoms with van der Waals surface area (Å²) in [5.74, 6) is 0.256. The van der Waals surface area contributed by atoms with Crippen LogP contribution < -0.4 is 10.6 Å². The number of amides is 2. The van der Waals surface area contributed by atoms with Crippen LogP contribution in [0.15, 0.2) is 42.5 Å². The van der Waals surface area contributed by atoms with Crippen LogP contribution >= 0.6 is 11.6 Å². The number of hydrogen-bond donors (Lipinski definition) is 2. The van der Waals surface area contributed by atoms with Crippen LogP contribution in [0.5, 0.6) is 0 Å². The smallest absolute Gasteiger partial charge is 0.255 e. The Bertz CT molecular complexity index is 796. The Hall–Kier alpha value is -2.33. The topological polar surface area (TPSA) is 58.2 Å². The minimum absolute atomic E-state index is 0.177. The second-order valence-electron chi connectivity index (χ2n) is 6.79. The Morgan fingerprint density at radius 3 is 2.27 bits per heavy atom. The van der Waals surface area contributed by atoms with Crippen molar-refractivity contribution < 1.29 is 9.59 Å². The highest BCUT2D eigenvalue weighted by molar-refractivity contribution is 6.34. The maximum Gasteiger partial charge on any atom is 0.255 e. The molecule has 0 atom stereocenters. The molecule has 0 bridgehead atoms. The molecule has 1 fully saturated rings. The van der Waals surface area contributed by atoms with Gasteiger partial charge < -0.3 is 10.6 Å². The van der Waals surface area contributed by atoms with E-state index in [1.165, 1.54) is 44.6 Å². The van der Waals surface area contributed by atoms with Crippen LogP contribution in [0.1, 0.15) is 60.9 Å². The second-order valence-corrected chi connectivity index (χ2v) is 7.19. The molecule has 0 unspecified atom stereocenters. The van der Waals surface area contributed by atoms with Gasteiger partial charge in [-0.2, -0.15) is 0 Å². The fourth-order valence-corrected chi connectivity index (χ4v) is 3.66. The highest BCUT2D eigenvalue weighted by Crippen LogP contribution is 2.32. The molecule has 0 heterocycles. The van der Waals surface area contributed by atoms with Crippen molar-refractivity contribution in [3.8, 4) is 0 Å². The molecule has 2 aromatic rings. The van der Waals surface area contributed by atoms with Crippen molar-refractivity contribution >= 4 is 34.8 Å². The molecule has 26 heavy (non-hydrogen) atoms. The summed E-state index contributed by atoms with van der Waals surface area (Å²) in [6, 6.07) is 12.9. The average molecular weight is 371 g/mol. The first-order valence-corrected chi connectivity index (χ1v) is 9.39. The first-order chi connectivity index (χ1) is 12.5. The van der Waals surface area contributed by atoms with Crippen LogP contribution in [0.25, 0.3) is 0 Å². The largest absolute Gasteiger partial charge is 0.325 e. The van der Waals surface area contributed by atoms with Crippen molar-refractivity contribution in [1.82, 2.24) is 0 Å². The number of nitrogens with one attached hydrogen (secondary N) is 2. The summed E-state index contributed by atoms with van der Waals surface area (Å²) in [5, 5.41) is 5.86. The standard InChI is InChI=1S/C21H23ClN2O2/c1-14(25)23-20-12-11-18(13-19(20)22)24-21(26)17-9-7-16(8-10-17)15-5-3-2-4-6-15/h7-13,15H,2-6H2,1H3,(H,23,25)(H,24,26). The van der Waals surface area contributed by atoms with E-state index < -0.39 is 0 Å². The third-order valence-electron chi connectivity index (χ3n) is 4.79. The Balaban J connectivity index is 1.66. The van der Waals surface area contributed by atoms with Gasteiger partial charge in [-0.15, -0.1) is 0 Å². The predicted octanol–water partition coefficient (Wildman–Crippen LogP) is 5.60. The van der Waals surface area contributed by atoms with Gasteiger partial charge in [0.05, 0.1) is 10.7 Å². The van der Waals surface area contributed by atoms with Gasteiger partial charge in [-0.25, -0.2) is 0 Å². The average Bonchev–Trinajstić information content (AvgIpc) is 2.64. The minimum atomic E-state index is -0.193. The lowest BCUT2D eigenvalue weighted by Crippen LogP contribution is -2.13. The molecule has 3 rings (SSSR count). The molecule has 5 heteroatoms. The van der Waals surface area contributed by atoms with E-state index in [9.17, 15) is 9.59 Å². The summed E-state index contributed by atoms with van der Waals surface area (Å²) >= 11 is 6.14. The van der Waals surface area contributed by atoms with Crippen LogP contribution in [0.2, 0.25) is 5.02 Å². The molecule has 2 aromatic carbocycles. The first-order valence-electron chi connectivity index (χ1n) is 9.01. The number of carbonyl (C=O) groups excluding carboxylic acids is 2. The monoisotopic (exact) mass is 370 g/mol. The fourth-order valence-electron chi connectivity index (χ4n) is 3.43. The highest BCUT2D eigenvalue weighted by atomic mass is 35.5. The van der Waals surface area contributed by atoms with E-state index in [-0.39, 0.29) is 11.8 Å². The fraction of sp³-hybridized carbons (Fsp3) is 0.333. The van der Waals surface area contributed by atoms with Gasteiger partial charge in [0, 0.05) is 18.2 Å². The van der Waals surface area contributed by atoms with Crippen molar-refractivity contribution in [3.63, 3.8) is 0 Å². The first kappa shape index (κ1) is 18.5. The maximum atomic E-state index is 12.5. The second kappa shape index (κ2) is 8.37. The van der Waals surface area contributed by atoms with E-state index in [1.54, 1.807) is 18.2 Å². The maximum absolute atomic E-state index is 12.5. The SMILES string of the molecule is CC(=O)Nc1ccc(NC(=O)c2ccc(C3CCCCC3)cc2)cc1Cl. The summed E-state index contributed by atoms with van der Waals surface area (Å²) in [5.41, 5.74) is 3.05. The van der Waals surface area contributed by atoms with Crippen LogP contribution in [0, 0.1) is 0 Å². The molecule has 0 radical (unpaired) electrons. The molecule has 0 aliphatic heterocycles. The summed E-state index contributed by atoms with van der Waals surface area (Å²) in [6.07, 6.45) is 6.40. The lowest BCUT2D eigenvalue weighted by molar-refractivity contribution is -0.114. The van der Waals surface area contributed by atoms with Crippen molar-refractivity contribution in [2.24, 2.45) is 0 Å². The zero-order valence-corrected chi connectivity index (χ0v) is 15.6. The number of carbonyl (C=O) groups is 2. The van der Waals surface area contributed by atoms with Gasteiger partial charge in [0.25, 0.3) is 5.91 Å². The Kier molecular flexibility index (Phi) is 5.94. The lowest BCUT2D eigenvalue weighted by Gasteiger charge is -2.22. The van der Waals surface area contributed by atoms with E-state index in [4.69, 9.17) is 11.6 Å². The van der Waals surface area contributed by atoms with Gasteiger partial charge in [-0.3, -0.25) is 9.59 Å². The van der Waals surface area contributed by atoms with Crippen molar-refractivity contribution in [2.45, 2.75) is 44.9 Å². The van der Waals surface area contributed by atoms with Gasteiger partial charge in [0.1, 0.15) is 0 Å². The Morgan fingerprint density at radius 1 is 0.962 bits per heavy atom. The summed E-state index contributed by atoms with van der Waals surface area (Å²) in [7, 11) is 0. The van der Waals surface area contributed by atoms with E-state index in [0.717, 1.165) is 0 Å². The van der Waals surface area contributed by atoms with E-state index in [1.807, 2.05) is 12.1 Å². The normalized spacial score (nSPS) is 14.7. The number of rotatable bonds is 4. The third-order valence-corrected chi connectivity index (χ3v) is 5.10. The predicted molar refractivity (Wildman–Crippen MR) is 106 cm³/mol. The zero-order valence-electron chi connectivity index (χ0n) is 14.8. The van der Waals surface area contributed by atoms with Gasteiger partial charge in [-0.05, 0) is 54.7 Å². The van der Waals surface area contributed by atoms with E-state index in [2.05, 4.69) is 22.8 Å². The van der Waals surface area contributed by atoms with Gasteiger partial charge >= 0.3 is 0 Å². The third kappa shape index (κ3) is 4.64. The Labute approximate surface area is 158 Å². The van der Waals surface area contributed by atoms with Crippen molar-refractivity contribution in [3.05, 3.63) is 58.6 Å². The molecule has 1 saturated carbocycles. The molecule has 1 aliphatic rings. The van der Waals surface area contributed by atoms with Crippen LogP contribution in [-0.2, 0) is 4.79 Å². The van der Waals surface area contributed by atoms with Crippen LogP contribution in [0.4, 0.5) is 11.4 Å². The Morgan fingerprint density at radius 2 is 1.65 bits per heavy atom. The molecule has 0 spiro atoms. The quantitative estimate of drug-likeness (QED) is 0.736. The van der Waals surface area contributed by atoms with Crippen LogP contribution in [-0.4, -0.2) is 11.8 Å². The summed E-state index contributed by atoms with van der Waals surface area (Å²) < 4.78 is 0. The number of halogens is 1. The minimum Gasteiger partial charge on any atom is -0.325 e. The number of hydrogen-bond acceptors (Lipinski definition) is 2. The molecule has 0 aromatic heterocycles. The molecule has 136 valence electrons. The molecular formula is C21H23ClN2O2. The summed E-state index contributed by atoms with van der Waals surface area (Å²) in [4.78, 5) is 23.6. The van der Waals surface area contributed by atoms with Gasteiger partial charge in [0.15, 0.2) is 0 Å². The molecule has 2 N–H and O–H groups in total. The zero-order chi connectivity index (χ0) is 18.5. The van der Waals surface area contributed by atoms with Gasteiger partial charge in [-0.1, -0.05) is 43.0 Å². The highest BCUT2D eigenvalue weighted by Gasteiger charge is 2.16. The molecule has 0 saturated heterocycles. The number of benzene rings is 2. The molecule has 2 amide bonds. The van der Waals surface area contributed by atoms with E-state index in [0.29, 0.717) is 27.9 Å². The van der Waals surface area contributed by atoms with E-state index >= 15 is 0 Å². The lowest BCUT2D eigenvalue weighted by atomic mass is 9.84. The summed E-state index contributed by atoms with van der Waals surface area (Å²) in [6.45, 7) is 1.42.